The minimum Gasteiger partial charge on any atom is -0.351 e. The van der Waals surface area contributed by atoms with E-state index in [-0.39, 0.29) is 23.8 Å². The minimum absolute atomic E-state index is 0.0722. The molecule has 8 heteroatoms. The lowest BCUT2D eigenvalue weighted by atomic mass is 9.62. The maximum Gasteiger partial charge on any atom is 0.317 e. The van der Waals surface area contributed by atoms with E-state index in [2.05, 4.69) is 27.8 Å². The normalized spacial score (nSPS) is 19.3. The predicted octanol–water partition coefficient (Wildman–Crippen LogP) is 5.23. The zero-order valence-electron chi connectivity index (χ0n) is 22.2. The van der Waals surface area contributed by atoms with Gasteiger partial charge in [-0.25, -0.2) is 9.18 Å². The Balaban J connectivity index is 0.000000907. The molecule has 0 saturated carbocycles. The molecule has 37 heavy (non-hydrogen) atoms. The zero-order valence-corrected chi connectivity index (χ0v) is 22.2. The van der Waals surface area contributed by atoms with Gasteiger partial charge in [-0.3, -0.25) is 9.79 Å². The lowest BCUT2D eigenvalue weighted by Crippen LogP contribution is -2.66. The summed E-state index contributed by atoms with van der Waals surface area (Å²) in [5.41, 5.74) is 2.28. The van der Waals surface area contributed by atoms with Gasteiger partial charge in [0.2, 0.25) is 5.91 Å². The van der Waals surface area contributed by atoms with E-state index in [1.807, 2.05) is 57.0 Å². The van der Waals surface area contributed by atoms with Gasteiger partial charge in [-0.2, -0.15) is 0 Å². The number of piperidine rings is 1. The molecule has 3 amide bonds. The number of β-lactam (4-membered cyclic amide) rings is 1. The highest BCUT2D eigenvalue weighted by molar-refractivity contribution is 5.93. The molecule has 0 aliphatic carbocycles. The number of halogens is 1. The summed E-state index contributed by atoms with van der Waals surface area (Å²) in [6.45, 7) is 9.82. The number of aliphatic imine (C=N–C) groups is 1. The fourth-order valence-corrected chi connectivity index (χ4v) is 5.06. The number of hydrogen-bond donors (Lipinski definition) is 2. The van der Waals surface area contributed by atoms with Crippen LogP contribution in [0.1, 0.15) is 57.7 Å². The van der Waals surface area contributed by atoms with Gasteiger partial charge in [-0.1, -0.05) is 70.2 Å². The van der Waals surface area contributed by atoms with Gasteiger partial charge in [-0.05, 0) is 36.1 Å². The molecule has 3 aliphatic rings. The third-order valence-corrected chi connectivity index (χ3v) is 6.82. The van der Waals surface area contributed by atoms with Gasteiger partial charge in [0.1, 0.15) is 5.82 Å². The zero-order chi connectivity index (χ0) is 26.8. The molecule has 3 heterocycles. The number of nitrogens with zero attached hydrogens (tertiary/aromatic N) is 3. The maximum absolute atomic E-state index is 13.5. The summed E-state index contributed by atoms with van der Waals surface area (Å²) in [7, 11) is 0. The second kappa shape index (κ2) is 13.0. The quantitative estimate of drug-likeness (QED) is 0.557. The summed E-state index contributed by atoms with van der Waals surface area (Å²) in [4.78, 5) is 34.1. The van der Waals surface area contributed by atoms with Crippen LogP contribution < -0.4 is 10.6 Å². The molecule has 0 radical (unpaired) electrons. The predicted molar refractivity (Wildman–Crippen MR) is 145 cm³/mol. The summed E-state index contributed by atoms with van der Waals surface area (Å²) < 4.78 is 13.1. The molecular weight excluding hydrogens is 469 g/mol. The van der Waals surface area contributed by atoms with Crippen molar-refractivity contribution in [3.8, 4) is 0 Å². The highest BCUT2D eigenvalue weighted by atomic mass is 19.1. The van der Waals surface area contributed by atoms with Crippen molar-refractivity contribution in [2.24, 2.45) is 10.4 Å². The van der Waals surface area contributed by atoms with Crippen molar-refractivity contribution in [1.82, 2.24) is 20.4 Å². The molecule has 0 bridgehead atoms. The topological polar surface area (TPSA) is 77.0 Å². The molecule has 2 aromatic rings. The smallest absolute Gasteiger partial charge is 0.317 e. The molecule has 7 nitrogen and oxygen atoms in total. The fourth-order valence-electron chi connectivity index (χ4n) is 5.06. The summed E-state index contributed by atoms with van der Waals surface area (Å²) >= 11 is 0. The summed E-state index contributed by atoms with van der Waals surface area (Å²) in [6, 6.07) is 15.9. The Morgan fingerprint density at radius 1 is 1.05 bits per heavy atom. The van der Waals surface area contributed by atoms with E-state index in [9.17, 15) is 14.0 Å². The van der Waals surface area contributed by atoms with Crippen LogP contribution >= 0.6 is 0 Å². The monoisotopic (exact) mass is 507 g/mol. The Labute approximate surface area is 219 Å². The molecular formula is C29H38FN5O2. The van der Waals surface area contributed by atoms with Gasteiger partial charge < -0.3 is 20.4 Å². The third-order valence-electron chi connectivity index (χ3n) is 6.82. The lowest BCUT2D eigenvalue weighted by Gasteiger charge is -2.59. The Bertz CT molecular complexity index is 1090. The molecule has 5 rings (SSSR count). The van der Waals surface area contributed by atoms with Crippen molar-refractivity contribution in [2.75, 3.05) is 19.6 Å². The number of carbonyl (C=O) groups excluding carboxylic acids is 2. The van der Waals surface area contributed by atoms with E-state index >= 15 is 0 Å². The Morgan fingerprint density at radius 2 is 1.70 bits per heavy atom. The number of benzene rings is 2. The minimum atomic E-state index is -0.517. The maximum atomic E-state index is 13.5. The number of urea groups is 1. The van der Waals surface area contributed by atoms with E-state index in [0.29, 0.717) is 39.0 Å². The second-order valence-electron chi connectivity index (χ2n) is 8.69. The number of hydrogen-bond acceptors (Lipinski definition) is 4. The number of amides is 3. The molecule has 2 saturated heterocycles. The van der Waals surface area contributed by atoms with Crippen LogP contribution in [0.4, 0.5) is 9.18 Å². The summed E-state index contributed by atoms with van der Waals surface area (Å²) in [5, 5.41) is 5.89. The number of likely N-dealkylation sites (tertiary alicyclic amines) is 2. The fraction of sp³-hybridized carbons (Fsp3) is 0.414. The van der Waals surface area contributed by atoms with Gasteiger partial charge in [0.25, 0.3) is 0 Å². The Hall–Kier alpha value is -3.68. The Morgan fingerprint density at radius 3 is 2.30 bits per heavy atom. The average molecular weight is 508 g/mol. The largest absolute Gasteiger partial charge is 0.351 e. The van der Waals surface area contributed by atoms with Crippen molar-refractivity contribution in [1.29, 1.82) is 0 Å². The summed E-state index contributed by atoms with van der Waals surface area (Å²) in [6.07, 6.45) is 4.68. The molecule has 2 N–H and O–H groups in total. The van der Waals surface area contributed by atoms with Crippen LogP contribution in [-0.4, -0.2) is 47.7 Å². The molecule has 1 atom stereocenters. The van der Waals surface area contributed by atoms with Crippen LogP contribution in [-0.2, 0) is 11.3 Å². The van der Waals surface area contributed by atoms with Crippen LogP contribution in [0.3, 0.4) is 0 Å². The molecule has 2 aromatic carbocycles. The SMILES string of the molecule is CC.CC.O=C(NCc1ccc(F)cc1)N1CCC2(CC1)C(=O)N(C1=CNC=NC1)C2c1ccccc1. The van der Waals surface area contributed by atoms with E-state index in [1.54, 1.807) is 23.4 Å². The first-order valence-electron chi connectivity index (χ1n) is 13.2. The van der Waals surface area contributed by atoms with Gasteiger partial charge in [0, 0.05) is 25.8 Å². The Kier molecular flexibility index (Phi) is 9.83. The van der Waals surface area contributed by atoms with E-state index in [1.165, 1.54) is 12.1 Å². The molecule has 1 unspecified atom stereocenters. The van der Waals surface area contributed by atoms with Crippen molar-refractivity contribution < 1.29 is 14.0 Å². The number of nitrogens with one attached hydrogen (secondary N) is 2. The van der Waals surface area contributed by atoms with E-state index < -0.39 is 5.41 Å². The average Bonchev–Trinajstić information content (AvgIpc) is 2.98. The molecule has 2 fully saturated rings. The van der Waals surface area contributed by atoms with Crippen molar-refractivity contribution in [2.45, 2.75) is 53.1 Å². The van der Waals surface area contributed by atoms with Gasteiger partial charge in [-0.15, -0.1) is 0 Å². The highest BCUT2D eigenvalue weighted by Crippen LogP contribution is 2.57. The number of rotatable bonds is 4. The number of carbonyl (C=O) groups is 2. The lowest BCUT2D eigenvalue weighted by molar-refractivity contribution is -0.174. The first-order chi connectivity index (χ1) is 18.1. The van der Waals surface area contributed by atoms with Crippen LogP contribution in [0.2, 0.25) is 0 Å². The molecule has 3 aliphatic heterocycles. The van der Waals surface area contributed by atoms with Crippen LogP contribution in [0, 0.1) is 11.2 Å². The van der Waals surface area contributed by atoms with Crippen molar-refractivity contribution >= 4 is 18.3 Å². The second-order valence-corrected chi connectivity index (χ2v) is 8.69. The first kappa shape index (κ1) is 27.9. The van der Waals surface area contributed by atoms with Crippen LogP contribution in [0.25, 0.3) is 0 Å². The molecule has 1 spiro atoms. The van der Waals surface area contributed by atoms with Gasteiger partial charge in [0.15, 0.2) is 0 Å². The van der Waals surface area contributed by atoms with Crippen LogP contribution in [0.15, 0.2) is 71.5 Å². The summed E-state index contributed by atoms with van der Waals surface area (Å²) in [5.74, 6) is -0.196. The van der Waals surface area contributed by atoms with E-state index in [4.69, 9.17) is 0 Å². The van der Waals surface area contributed by atoms with Gasteiger partial charge >= 0.3 is 6.03 Å². The van der Waals surface area contributed by atoms with Crippen LogP contribution in [0.5, 0.6) is 0 Å². The molecule has 0 aromatic heterocycles. The third kappa shape index (κ3) is 5.84. The highest BCUT2D eigenvalue weighted by Gasteiger charge is 2.62. The molecule has 198 valence electrons. The van der Waals surface area contributed by atoms with Gasteiger partial charge in [0.05, 0.1) is 30.0 Å². The standard InChI is InChI=1S/C25H26FN5O2.2C2H6/c26-20-8-6-18(7-9-20)14-29-24(33)30-12-10-25(11-13-30)22(19-4-2-1-3-5-19)31(23(25)32)21-15-27-17-28-16-21;2*1-2/h1-9,15,17,22H,10-14,16H2,(H,27,28)(H,29,33);2*1-2H3. The van der Waals surface area contributed by atoms with Crippen molar-refractivity contribution in [3.05, 3.63) is 83.4 Å². The van der Waals surface area contributed by atoms with E-state index in [0.717, 1.165) is 16.8 Å². The first-order valence-corrected chi connectivity index (χ1v) is 13.2. The van der Waals surface area contributed by atoms with Crippen molar-refractivity contribution in [3.63, 3.8) is 0 Å².